The van der Waals surface area contributed by atoms with E-state index in [1.165, 1.54) is 16.7 Å². The van der Waals surface area contributed by atoms with E-state index in [0.29, 0.717) is 6.04 Å². The highest BCUT2D eigenvalue weighted by Crippen LogP contribution is 2.33. The lowest BCUT2D eigenvalue weighted by molar-refractivity contribution is 0.351. The van der Waals surface area contributed by atoms with E-state index < -0.39 is 0 Å². The summed E-state index contributed by atoms with van der Waals surface area (Å²) >= 11 is 3.62. The minimum atomic E-state index is 0.412. The summed E-state index contributed by atoms with van der Waals surface area (Å²) < 4.78 is 6.98. The largest absolute Gasteiger partial charge is 0.493 e. The van der Waals surface area contributed by atoms with Crippen molar-refractivity contribution in [1.29, 1.82) is 0 Å². The second-order valence-electron chi connectivity index (χ2n) is 5.53. The highest BCUT2D eigenvalue weighted by molar-refractivity contribution is 9.10. The lowest BCUT2D eigenvalue weighted by Crippen LogP contribution is -2.30. The molecule has 1 N–H and O–H groups in total. The maximum absolute atomic E-state index is 5.83. The standard InChI is InChI=1S/C18H20BrNO/c1-20-17(9-13-5-3-2-4-6-13)12-15-11-16(19)10-14-7-8-21-18(14)15/h2-6,10-11,17,20H,7-9,12H2,1H3. The molecule has 0 radical (unpaired) electrons. The SMILES string of the molecule is CNC(Cc1ccccc1)Cc1cc(Br)cc2c1OCC2. The zero-order valence-corrected chi connectivity index (χ0v) is 13.8. The van der Waals surface area contributed by atoms with Crippen LogP contribution < -0.4 is 10.1 Å². The Labute approximate surface area is 134 Å². The first-order chi connectivity index (χ1) is 10.3. The van der Waals surface area contributed by atoms with Gasteiger partial charge in [-0.1, -0.05) is 46.3 Å². The number of ether oxygens (including phenoxy) is 1. The predicted octanol–water partition coefficient (Wildman–Crippen LogP) is 3.76. The fraction of sp³-hybridized carbons (Fsp3) is 0.333. The van der Waals surface area contributed by atoms with E-state index in [4.69, 9.17) is 4.74 Å². The van der Waals surface area contributed by atoms with Crippen LogP contribution in [0.15, 0.2) is 46.9 Å². The Hall–Kier alpha value is -1.32. The van der Waals surface area contributed by atoms with Gasteiger partial charge in [0.05, 0.1) is 6.61 Å². The van der Waals surface area contributed by atoms with Crippen LogP contribution in [0.2, 0.25) is 0 Å². The Morgan fingerprint density at radius 3 is 2.76 bits per heavy atom. The van der Waals surface area contributed by atoms with Crippen molar-refractivity contribution < 1.29 is 4.74 Å². The van der Waals surface area contributed by atoms with Crippen LogP contribution in [0, 0.1) is 0 Å². The van der Waals surface area contributed by atoms with E-state index in [1.807, 2.05) is 7.05 Å². The Balaban J connectivity index is 1.78. The summed E-state index contributed by atoms with van der Waals surface area (Å²) in [5.41, 5.74) is 3.99. The Morgan fingerprint density at radius 1 is 1.19 bits per heavy atom. The molecule has 0 amide bonds. The Morgan fingerprint density at radius 2 is 2.00 bits per heavy atom. The average Bonchev–Trinajstić information content (AvgIpc) is 2.96. The van der Waals surface area contributed by atoms with Gasteiger partial charge in [0.1, 0.15) is 5.75 Å². The number of fused-ring (bicyclic) bond motifs is 1. The lowest BCUT2D eigenvalue weighted by atomic mass is 9.97. The number of benzene rings is 2. The van der Waals surface area contributed by atoms with Crippen LogP contribution in [0.25, 0.3) is 0 Å². The van der Waals surface area contributed by atoms with Gasteiger partial charge >= 0.3 is 0 Å². The Bertz CT molecular complexity index is 612. The van der Waals surface area contributed by atoms with Gasteiger partial charge in [-0.05, 0) is 48.7 Å². The van der Waals surface area contributed by atoms with Crippen molar-refractivity contribution in [2.75, 3.05) is 13.7 Å². The number of likely N-dealkylation sites (N-methyl/N-ethyl adjacent to an activating group) is 1. The molecule has 0 spiro atoms. The maximum Gasteiger partial charge on any atom is 0.125 e. The van der Waals surface area contributed by atoms with Gasteiger partial charge in [-0.2, -0.15) is 0 Å². The van der Waals surface area contributed by atoms with E-state index in [0.717, 1.165) is 36.1 Å². The molecular weight excluding hydrogens is 326 g/mol. The van der Waals surface area contributed by atoms with Gasteiger partial charge in [0, 0.05) is 16.9 Å². The first-order valence-electron chi connectivity index (χ1n) is 7.41. The van der Waals surface area contributed by atoms with E-state index >= 15 is 0 Å². The zero-order chi connectivity index (χ0) is 14.7. The van der Waals surface area contributed by atoms with Gasteiger partial charge in [-0.25, -0.2) is 0 Å². The molecule has 110 valence electrons. The first-order valence-corrected chi connectivity index (χ1v) is 8.21. The molecule has 3 rings (SSSR count). The summed E-state index contributed by atoms with van der Waals surface area (Å²) in [5, 5.41) is 3.44. The van der Waals surface area contributed by atoms with Gasteiger partial charge < -0.3 is 10.1 Å². The summed E-state index contributed by atoms with van der Waals surface area (Å²) in [6.07, 6.45) is 3.02. The molecule has 21 heavy (non-hydrogen) atoms. The van der Waals surface area contributed by atoms with E-state index in [2.05, 4.69) is 63.7 Å². The molecule has 0 fully saturated rings. The zero-order valence-electron chi connectivity index (χ0n) is 12.2. The summed E-state index contributed by atoms with van der Waals surface area (Å²) in [6.45, 7) is 0.807. The third-order valence-corrected chi connectivity index (χ3v) is 4.48. The number of rotatable bonds is 5. The van der Waals surface area contributed by atoms with Crippen molar-refractivity contribution >= 4 is 15.9 Å². The molecule has 2 aromatic rings. The van der Waals surface area contributed by atoms with Crippen molar-refractivity contribution in [3.05, 3.63) is 63.6 Å². The summed E-state index contributed by atoms with van der Waals surface area (Å²) in [5.74, 6) is 1.10. The number of nitrogens with one attached hydrogen (secondary N) is 1. The minimum Gasteiger partial charge on any atom is -0.493 e. The number of halogens is 1. The molecule has 0 aliphatic carbocycles. The maximum atomic E-state index is 5.83. The van der Waals surface area contributed by atoms with Crippen LogP contribution in [-0.4, -0.2) is 19.7 Å². The highest BCUT2D eigenvalue weighted by Gasteiger charge is 2.19. The normalized spacial score (nSPS) is 14.6. The van der Waals surface area contributed by atoms with Crippen LogP contribution in [0.3, 0.4) is 0 Å². The molecular formula is C18H20BrNO. The molecule has 1 aliphatic heterocycles. The van der Waals surface area contributed by atoms with Crippen LogP contribution >= 0.6 is 15.9 Å². The average molecular weight is 346 g/mol. The van der Waals surface area contributed by atoms with Crippen molar-refractivity contribution in [2.24, 2.45) is 0 Å². The van der Waals surface area contributed by atoms with E-state index in [1.54, 1.807) is 0 Å². The van der Waals surface area contributed by atoms with Gasteiger partial charge in [-0.15, -0.1) is 0 Å². The van der Waals surface area contributed by atoms with Crippen LogP contribution in [0.1, 0.15) is 16.7 Å². The second-order valence-corrected chi connectivity index (χ2v) is 6.45. The second kappa shape index (κ2) is 6.63. The third kappa shape index (κ3) is 3.47. The van der Waals surface area contributed by atoms with Crippen molar-refractivity contribution in [3.8, 4) is 5.75 Å². The predicted molar refractivity (Wildman–Crippen MR) is 90.0 cm³/mol. The van der Waals surface area contributed by atoms with Crippen LogP contribution in [0.4, 0.5) is 0 Å². The highest BCUT2D eigenvalue weighted by atomic mass is 79.9. The number of hydrogen-bond donors (Lipinski definition) is 1. The summed E-state index contributed by atoms with van der Waals surface area (Å²) in [4.78, 5) is 0. The molecule has 0 aromatic heterocycles. The monoisotopic (exact) mass is 345 g/mol. The first kappa shape index (κ1) is 14.6. The summed E-state index contributed by atoms with van der Waals surface area (Å²) in [6, 6.07) is 15.4. The minimum absolute atomic E-state index is 0.412. The molecule has 1 unspecified atom stereocenters. The lowest BCUT2D eigenvalue weighted by Gasteiger charge is -2.18. The Kier molecular flexibility index (Phi) is 4.61. The molecule has 0 bridgehead atoms. The van der Waals surface area contributed by atoms with Crippen molar-refractivity contribution in [3.63, 3.8) is 0 Å². The van der Waals surface area contributed by atoms with Crippen LogP contribution in [0.5, 0.6) is 5.75 Å². The molecule has 0 saturated heterocycles. The molecule has 1 heterocycles. The third-order valence-electron chi connectivity index (χ3n) is 4.02. The van der Waals surface area contributed by atoms with E-state index in [-0.39, 0.29) is 0 Å². The fourth-order valence-corrected chi connectivity index (χ4v) is 3.49. The van der Waals surface area contributed by atoms with Gasteiger partial charge in [0.2, 0.25) is 0 Å². The van der Waals surface area contributed by atoms with Gasteiger partial charge in [0.25, 0.3) is 0 Å². The molecule has 3 heteroatoms. The van der Waals surface area contributed by atoms with Gasteiger partial charge in [-0.3, -0.25) is 0 Å². The smallest absolute Gasteiger partial charge is 0.125 e. The fourth-order valence-electron chi connectivity index (χ4n) is 2.94. The van der Waals surface area contributed by atoms with Crippen LogP contribution in [-0.2, 0) is 19.3 Å². The molecule has 1 atom stereocenters. The summed E-state index contributed by atoms with van der Waals surface area (Å²) in [7, 11) is 2.03. The van der Waals surface area contributed by atoms with E-state index in [9.17, 15) is 0 Å². The molecule has 0 saturated carbocycles. The van der Waals surface area contributed by atoms with Crippen molar-refractivity contribution in [2.45, 2.75) is 25.3 Å². The number of hydrogen-bond acceptors (Lipinski definition) is 2. The molecule has 1 aliphatic rings. The van der Waals surface area contributed by atoms with Gasteiger partial charge in [0.15, 0.2) is 0 Å². The van der Waals surface area contributed by atoms with Crippen molar-refractivity contribution in [1.82, 2.24) is 5.32 Å². The molecule has 2 aromatic carbocycles. The topological polar surface area (TPSA) is 21.3 Å². The molecule has 2 nitrogen and oxygen atoms in total. The quantitative estimate of drug-likeness (QED) is 0.890.